The van der Waals surface area contributed by atoms with Gasteiger partial charge in [-0.1, -0.05) is 0 Å². The van der Waals surface area contributed by atoms with Crippen LogP contribution in [0.4, 0.5) is 0 Å². The van der Waals surface area contributed by atoms with E-state index in [9.17, 15) is 4.21 Å². The molecule has 0 aromatic carbocycles. The van der Waals surface area contributed by atoms with Gasteiger partial charge in [-0.2, -0.15) is 0 Å². The standard InChI is InChI=1S/C3H10O3S.Na.H/c1-3(2)7(4,5)6;;/h3,7H,1-2H3,(H2,4,5,6);;. The fraction of sp³-hybridized carbons (Fsp3) is 1.00. The van der Waals surface area contributed by atoms with Crippen molar-refractivity contribution in [2.45, 2.75) is 19.1 Å². The van der Waals surface area contributed by atoms with E-state index in [1.807, 2.05) is 0 Å². The van der Waals surface area contributed by atoms with Gasteiger partial charge < -0.3 is 9.11 Å². The van der Waals surface area contributed by atoms with E-state index in [1.54, 1.807) is 0 Å². The van der Waals surface area contributed by atoms with Crippen molar-refractivity contribution < 1.29 is 13.3 Å². The van der Waals surface area contributed by atoms with Crippen LogP contribution in [0.15, 0.2) is 0 Å². The maximum absolute atomic E-state index is 10.0. The summed E-state index contributed by atoms with van der Waals surface area (Å²) in [5.41, 5.74) is 0. The number of hydrogen-bond acceptors (Lipinski definition) is 1. The molecule has 0 unspecified atom stereocenters. The summed E-state index contributed by atoms with van der Waals surface area (Å²) in [7, 11) is -3.74. The van der Waals surface area contributed by atoms with Gasteiger partial charge in [0.2, 0.25) is 0 Å². The molecule has 0 radical (unpaired) electrons. The van der Waals surface area contributed by atoms with Gasteiger partial charge in [0.15, 0.2) is 0 Å². The van der Waals surface area contributed by atoms with Crippen LogP contribution in [0.25, 0.3) is 0 Å². The molecule has 8 heavy (non-hydrogen) atoms. The minimum absolute atomic E-state index is 0. The van der Waals surface area contributed by atoms with Crippen molar-refractivity contribution in [1.82, 2.24) is 0 Å². The van der Waals surface area contributed by atoms with E-state index < -0.39 is 15.7 Å². The molecule has 3 nitrogen and oxygen atoms in total. The van der Waals surface area contributed by atoms with Crippen LogP contribution in [0, 0.1) is 0 Å². The van der Waals surface area contributed by atoms with Gasteiger partial charge in [-0.3, -0.25) is 0 Å². The summed E-state index contributed by atoms with van der Waals surface area (Å²) >= 11 is 0. The molecule has 2 N–H and O–H groups in total. The van der Waals surface area contributed by atoms with Gasteiger partial charge in [-0.25, -0.2) is 4.21 Å². The quantitative estimate of drug-likeness (QED) is 0.355. The average Bonchev–Trinajstić information content (AvgIpc) is 1.31. The molecule has 0 aliphatic carbocycles. The van der Waals surface area contributed by atoms with Gasteiger partial charge in [0.1, 0.15) is 0 Å². The monoisotopic (exact) mass is 150 g/mol. The number of rotatable bonds is 1. The molecule has 0 bridgehead atoms. The molecule has 48 valence electrons. The van der Waals surface area contributed by atoms with E-state index >= 15 is 0 Å². The van der Waals surface area contributed by atoms with Crippen LogP contribution in [0.2, 0.25) is 0 Å². The predicted octanol–water partition coefficient (Wildman–Crippen LogP) is -0.291. The van der Waals surface area contributed by atoms with Crippen molar-refractivity contribution in [2.75, 3.05) is 0 Å². The third-order valence-corrected chi connectivity index (χ3v) is 2.02. The normalized spacial score (nSPS) is 13.1. The van der Waals surface area contributed by atoms with Crippen LogP contribution in [0.1, 0.15) is 13.8 Å². The zero-order valence-corrected chi connectivity index (χ0v) is 5.22. The van der Waals surface area contributed by atoms with Gasteiger partial charge in [0.25, 0.3) is 0 Å². The van der Waals surface area contributed by atoms with E-state index in [4.69, 9.17) is 9.11 Å². The predicted molar refractivity (Wildman–Crippen MR) is 37.1 cm³/mol. The molecule has 0 fully saturated rings. The Morgan fingerprint density at radius 1 is 1.38 bits per heavy atom. The summed E-state index contributed by atoms with van der Waals surface area (Å²) in [6, 6.07) is 0. The third kappa shape index (κ3) is 5.21. The minimum atomic E-state index is -3.74. The second-order valence-corrected chi connectivity index (χ2v) is 3.89. The Hall–Kier alpha value is 1.07. The molecule has 0 saturated heterocycles. The van der Waals surface area contributed by atoms with Crippen LogP contribution >= 0.6 is 0 Å². The van der Waals surface area contributed by atoms with Crippen LogP contribution in [-0.4, -0.2) is 48.1 Å². The van der Waals surface area contributed by atoms with E-state index in [1.165, 1.54) is 13.8 Å². The molecule has 0 atom stereocenters. The Kier molecular flexibility index (Phi) is 5.88. The van der Waals surface area contributed by atoms with Crippen molar-refractivity contribution in [3.05, 3.63) is 0 Å². The number of thiol groups is 1. The molecule has 0 aliphatic rings. The molecule has 0 spiro atoms. The summed E-state index contributed by atoms with van der Waals surface area (Å²) in [6.45, 7) is 2.97. The second-order valence-electron chi connectivity index (χ2n) is 1.68. The topological polar surface area (TPSA) is 57.5 Å². The van der Waals surface area contributed by atoms with Gasteiger partial charge in [0, 0.05) is 5.25 Å². The Labute approximate surface area is 72.2 Å². The third-order valence-electron chi connectivity index (χ3n) is 0.673. The molecule has 0 aliphatic heterocycles. The van der Waals surface area contributed by atoms with Gasteiger partial charge in [-0.05, 0) is 13.8 Å². The molecule has 5 heteroatoms. The summed E-state index contributed by atoms with van der Waals surface area (Å²) < 4.78 is 26.4. The van der Waals surface area contributed by atoms with Crippen LogP contribution in [0.5, 0.6) is 0 Å². The van der Waals surface area contributed by atoms with Crippen LogP contribution in [-0.2, 0) is 10.5 Å². The summed E-state index contributed by atoms with van der Waals surface area (Å²) in [5.74, 6) is 0. The molecule has 0 amide bonds. The first-order valence-corrected chi connectivity index (χ1v) is 3.68. The average molecular weight is 150 g/mol. The van der Waals surface area contributed by atoms with Crippen LogP contribution in [0.3, 0.4) is 0 Å². The molecule has 0 saturated carbocycles. The Morgan fingerprint density at radius 3 is 1.50 bits per heavy atom. The first kappa shape index (κ1) is 11.8. The zero-order chi connectivity index (χ0) is 6.08. The fourth-order valence-corrected chi connectivity index (χ4v) is 0. The van der Waals surface area contributed by atoms with Gasteiger partial charge >= 0.3 is 29.6 Å². The van der Waals surface area contributed by atoms with Crippen molar-refractivity contribution in [3.63, 3.8) is 0 Å². The second kappa shape index (κ2) is 3.98. The summed E-state index contributed by atoms with van der Waals surface area (Å²) in [5, 5.41) is -0.535. The van der Waals surface area contributed by atoms with Crippen molar-refractivity contribution in [2.24, 2.45) is 0 Å². The molecule has 0 rings (SSSR count). The summed E-state index contributed by atoms with van der Waals surface area (Å²) in [6.07, 6.45) is 0. The van der Waals surface area contributed by atoms with Crippen molar-refractivity contribution in [1.29, 1.82) is 0 Å². The van der Waals surface area contributed by atoms with Crippen molar-refractivity contribution >= 4 is 40.1 Å². The van der Waals surface area contributed by atoms with Gasteiger partial charge in [0.05, 0.1) is 10.5 Å². The number of hydrogen-bond donors (Lipinski definition) is 3. The van der Waals surface area contributed by atoms with E-state index in [2.05, 4.69) is 0 Å². The molecule has 0 aromatic heterocycles. The molecule has 0 aromatic rings. The van der Waals surface area contributed by atoms with E-state index in [0.29, 0.717) is 0 Å². The first-order chi connectivity index (χ1) is 2.94. The zero-order valence-electron chi connectivity index (χ0n) is 4.33. The van der Waals surface area contributed by atoms with Crippen LogP contribution < -0.4 is 0 Å². The molecular weight excluding hydrogens is 139 g/mol. The SMILES string of the molecule is CC(C)[SH](=O)(O)O.[NaH]. The Balaban J connectivity index is 0. The van der Waals surface area contributed by atoms with E-state index in [-0.39, 0.29) is 29.6 Å². The summed E-state index contributed by atoms with van der Waals surface area (Å²) in [4.78, 5) is 0. The van der Waals surface area contributed by atoms with Gasteiger partial charge in [-0.15, -0.1) is 0 Å². The molecular formula is C3H11NaO3S. The Bertz CT molecular complexity index is 96.7. The van der Waals surface area contributed by atoms with Crippen molar-refractivity contribution in [3.8, 4) is 0 Å². The fourth-order valence-electron chi connectivity index (χ4n) is 0. The Morgan fingerprint density at radius 2 is 1.50 bits per heavy atom. The first-order valence-electron chi connectivity index (χ1n) is 2.00. The van der Waals surface area contributed by atoms with E-state index in [0.717, 1.165) is 0 Å². The maximum atomic E-state index is 10.0. The molecule has 0 heterocycles.